The van der Waals surface area contributed by atoms with Crippen molar-refractivity contribution in [3.05, 3.63) is 30.1 Å². The Labute approximate surface area is 195 Å². The molecule has 1 saturated heterocycles. The lowest BCUT2D eigenvalue weighted by Crippen LogP contribution is -2.61. The highest BCUT2D eigenvalue weighted by atomic mass is 16.2. The van der Waals surface area contributed by atoms with Crippen LogP contribution in [0.3, 0.4) is 0 Å². The van der Waals surface area contributed by atoms with Gasteiger partial charge in [0.15, 0.2) is 0 Å². The summed E-state index contributed by atoms with van der Waals surface area (Å²) in [5, 5.41) is 10.5. The molecule has 1 aromatic heterocycles. The summed E-state index contributed by atoms with van der Waals surface area (Å²) in [7, 11) is 0. The third-order valence-electron chi connectivity index (χ3n) is 6.12. The van der Waals surface area contributed by atoms with E-state index in [0.29, 0.717) is 44.4 Å². The Balaban J connectivity index is 1.66. The highest BCUT2D eigenvalue weighted by Crippen LogP contribution is 2.24. The van der Waals surface area contributed by atoms with Gasteiger partial charge in [-0.2, -0.15) is 0 Å². The van der Waals surface area contributed by atoms with E-state index in [4.69, 9.17) is 9.97 Å². The minimum atomic E-state index is -0.424. The maximum absolute atomic E-state index is 13.2. The Hall–Kier alpha value is -2.94. The maximum Gasteiger partial charge on any atom is 0.317 e. The molecule has 9 nitrogen and oxygen atoms in total. The normalized spacial score (nSPS) is 22.2. The van der Waals surface area contributed by atoms with Crippen molar-refractivity contribution in [2.24, 2.45) is 5.92 Å². The van der Waals surface area contributed by atoms with E-state index in [1.807, 2.05) is 63.8 Å². The third kappa shape index (κ3) is 5.35. The predicted molar refractivity (Wildman–Crippen MR) is 129 cm³/mol. The first kappa shape index (κ1) is 23.2. The van der Waals surface area contributed by atoms with Gasteiger partial charge in [-0.3, -0.25) is 9.69 Å². The number of amides is 3. The molecule has 33 heavy (non-hydrogen) atoms. The second-order valence-corrected chi connectivity index (χ2v) is 10.4. The summed E-state index contributed by atoms with van der Waals surface area (Å²) in [4.78, 5) is 39.7. The van der Waals surface area contributed by atoms with Crippen molar-refractivity contribution >= 4 is 28.7 Å². The van der Waals surface area contributed by atoms with E-state index in [1.54, 1.807) is 0 Å². The van der Waals surface area contributed by atoms with E-state index >= 15 is 0 Å². The number of carbonyl (C=O) groups is 2. The summed E-state index contributed by atoms with van der Waals surface area (Å²) in [6, 6.07) is 7.34. The van der Waals surface area contributed by atoms with E-state index in [0.717, 1.165) is 10.9 Å². The summed E-state index contributed by atoms with van der Waals surface area (Å²) in [5.74, 6) is 1.41. The third-order valence-corrected chi connectivity index (χ3v) is 6.12. The number of hydrogen-bond donors (Lipinski definition) is 3. The summed E-state index contributed by atoms with van der Waals surface area (Å²) >= 11 is 0. The molecule has 0 saturated carbocycles. The van der Waals surface area contributed by atoms with Crippen LogP contribution in [0.25, 0.3) is 10.9 Å². The first-order valence-electron chi connectivity index (χ1n) is 11.7. The van der Waals surface area contributed by atoms with Crippen LogP contribution < -0.4 is 16.0 Å². The van der Waals surface area contributed by atoms with E-state index in [2.05, 4.69) is 20.9 Å². The molecule has 2 aromatic rings. The van der Waals surface area contributed by atoms with Gasteiger partial charge in [-0.1, -0.05) is 26.0 Å². The lowest BCUT2D eigenvalue weighted by atomic mass is 10.0. The zero-order valence-electron chi connectivity index (χ0n) is 20.2. The van der Waals surface area contributed by atoms with Gasteiger partial charge in [0.25, 0.3) is 0 Å². The minimum absolute atomic E-state index is 0.0298. The molecule has 2 atom stereocenters. The molecule has 3 heterocycles. The van der Waals surface area contributed by atoms with Crippen molar-refractivity contribution in [1.82, 2.24) is 30.4 Å². The largest absolute Gasteiger partial charge is 0.358 e. The SMILES string of the molecule is CC(C)[C@@H]1Nc2nc(nc3ccccc23)CN2CCN(C(=O)NC(C)(C)C)CC2CNC1=O. The van der Waals surface area contributed by atoms with Gasteiger partial charge in [0.2, 0.25) is 5.91 Å². The van der Waals surface area contributed by atoms with Crippen LogP contribution in [-0.4, -0.2) is 75.5 Å². The Morgan fingerprint density at radius 3 is 2.67 bits per heavy atom. The lowest BCUT2D eigenvalue weighted by Gasteiger charge is -2.42. The molecule has 1 unspecified atom stereocenters. The van der Waals surface area contributed by atoms with Gasteiger partial charge >= 0.3 is 6.03 Å². The maximum atomic E-state index is 13.2. The number of fused-ring (bicyclic) bond motifs is 5. The van der Waals surface area contributed by atoms with Crippen molar-refractivity contribution in [2.75, 3.05) is 31.5 Å². The minimum Gasteiger partial charge on any atom is -0.358 e. The topological polar surface area (TPSA) is 102 Å². The standard InChI is InChI=1S/C24H35N7O2/c1-15(2)20-22(32)25-12-16-13-31(23(33)29-24(3,4)5)11-10-30(16)14-19-26-18-9-7-6-8-17(18)21(27-19)28-20/h6-9,15-16,20H,10-14H2,1-5H3,(H,25,32)(H,29,33)(H,26,27,28)/t16?,20-/m0/s1. The first-order chi connectivity index (χ1) is 15.6. The first-order valence-corrected chi connectivity index (χ1v) is 11.7. The average molecular weight is 454 g/mol. The molecule has 9 heteroatoms. The van der Waals surface area contributed by atoms with Gasteiger partial charge in [-0.25, -0.2) is 14.8 Å². The fourth-order valence-corrected chi connectivity index (χ4v) is 4.38. The molecule has 1 aromatic carbocycles. The number of benzene rings is 1. The summed E-state index contributed by atoms with van der Waals surface area (Å²) in [6.07, 6.45) is 0. The fourth-order valence-electron chi connectivity index (χ4n) is 4.38. The second-order valence-electron chi connectivity index (χ2n) is 10.4. The molecule has 1 fully saturated rings. The highest BCUT2D eigenvalue weighted by molar-refractivity contribution is 5.92. The lowest BCUT2D eigenvalue weighted by molar-refractivity contribution is -0.123. The smallest absolute Gasteiger partial charge is 0.317 e. The molecule has 3 amide bonds. The van der Waals surface area contributed by atoms with E-state index in [-0.39, 0.29) is 29.4 Å². The number of nitrogens with zero attached hydrogens (tertiary/aromatic N) is 4. The monoisotopic (exact) mass is 453 g/mol. The van der Waals surface area contributed by atoms with Crippen LogP contribution in [-0.2, 0) is 11.3 Å². The quantitative estimate of drug-likeness (QED) is 0.612. The number of urea groups is 1. The Bertz CT molecular complexity index is 1030. The zero-order valence-corrected chi connectivity index (χ0v) is 20.2. The van der Waals surface area contributed by atoms with Crippen LogP contribution in [0.4, 0.5) is 10.6 Å². The Morgan fingerprint density at radius 2 is 1.94 bits per heavy atom. The average Bonchev–Trinajstić information content (AvgIpc) is 2.76. The molecule has 2 aliphatic heterocycles. The number of rotatable bonds is 1. The number of nitrogens with one attached hydrogen (secondary N) is 3. The molecule has 4 rings (SSSR count). The second kappa shape index (κ2) is 9.13. The van der Waals surface area contributed by atoms with Crippen molar-refractivity contribution in [2.45, 2.75) is 58.8 Å². The number of carbonyl (C=O) groups excluding carboxylic acids is 2. The van der Waals surface area contributed by atoms with E-state index in [1.165, 1.54) is 0 Å². The Morgan fingerprint density at radius 1 is 1.18 bits per heavy atom. The molecule has 3 N–H and O–H groups in total. The van der Waals surface area contributed by atoms with Crippen molar-refractivity contribution < 1.29 is 9.59 Å². The van der Waals surface area contributed by atoms with Crippen molar-refractivity contribution in [1.29, 1.82) is 0 Å². The molecule has 0 spiro atoms. The number of anilines is 1. The summed E-state index contributed by atoms with van der Waals surface area (Å²) < 4.78 is 0. The van der Waals surface area contributed by atoms with Crippen molar-refractivity contribution in [3.63, 3.8) is 0 Å². The fraction of sp³-hybridized carbons (Fsp3) is 0.583. The van der Waals surface area contributed by atoms with E-state index in [9.17, 15) is 9.59 Å². The Kier molecular flexibility index (Phi) is 6.43. The van der Waals surface area contributed by atoms with Gasteiger partial charge in [0, 0.05) is 43.1 Å². The van der Waals surface area contributed by atoms with Crippen LogP contribution in [0.1, 0.15) is 40.4 Å². The van der Waals surface area contributed by atoms with Gasteiger partial charge in [-0.15, -0.1) is 0 Å². The van der Waals surface area contributed by atoms with Gasteiger partial charge < -0.3 is 20.9 Å². The number of para-hydroxylation sites is 1. The molecular formula is C24H35N7O2. The zero-order chi connectivity index (χ0) is 23.8. The van der Waals surface area contributed by atoms with Crippen LogP contribution in [0, 0.1) is 5.92 Å². The molecule has 0 aliphatic carbocycles. The predicted octanol–water partition coefficient (Wildman–Crippen LogP) is 2.19. The van der Waals surface area contributed by atoms with Gasteiger partial charge in [0.1, 0.15) is 17.7 Å². The summed E-state index contributed by atoms with van der Waals surface area (Å²) in [6.45, 7) is 12.8. The van der Waals surface area contributed by atoms with Gasteiger partial charge in [0.05, 0.1) is 12.1 Å². The molecule has 2 aliphatic rings. The molecule has 0 radical (unpaired) electrons. The van der Waals surface area contributed by atoms with Crippen LogP contribution in [0.15, 0.2) is 24.3 Å². The van der Waals surface area contributed by atoms with Crippen LogP contribution >= 0.6 is 0 Å². The van der Waals surface area contributed by atoms with Gasteiger partial charge in [-0.05, 0) is 38.8 Å². The summed E-state index contributed by atoms with van der Waals surface area (Å²) in [5.41, 5.74) is 0.550. The van der Waals surface area contributed by atoms with Crippen LogP contribution in [0.5, 0.6) is 0 Å². The number of aromatic nitrogens is 2. The number of piperazine rings is 1. The number of hydrogen-bond acceptors (Lipinski definition) is 6. The van der Waals surface area contributed by atoms with Crippen molar-refractivity contribution in [3.8, 4) is 0 Å². The molecule has 178 valence electrons. The molecular weight excluding hydrogens is 418 g/mol. The molecule has 2 bridgehead atoms. The van der Waals surface area contributed by atoms with E-state index < -0.39 is 6.04 Å². The highest BCUT2D eigenvalue weighted by Gasteiger charge is 2.33. The van der Waals surface area contributed by atoms with Crippen LogP contribution in [0.2, 0.25) is 0 Å².